The van der Waals surface area contributed by atoms with Gasteiger partial charge >= 0.3 is 0 Å². The molecule has 3 N–H and O–H groups in total. The summed E-state index contributed by atoms with van der Waals surface area (Å²) in [5, 5.41) is 6.61. The predicted molar refractivity (Wildman–Crippen MR) is 85.9 cm³/mol. The molecule has 2 aromatic rings. The highest BCUT2D eigenvalue weighted by atomic mass is 32.2. The molecular weight excluding hydrogens is 303 g/mol. The number of aromatic amines is 1. The van der Waals surface area contributed by atoms with Gasteiger partial charge in [0, 0.05) is 19.1 Å². The topological polar surface area (TPSA) is 69.8 Å². The average molecular weight is 322 g/mol. The number of rotatable bonds is 5. The minimum absolute atomic E-state index is 0.0399. The number of hydrogen-bond acceptors (Lipinski definition) is 4. The van der Waals surface area contributed by atoms with Gasteiger partial charge in [-0.25, -0.2) is 9.37 Å². The highest BCUT2D eigenvalue weighted by molar-refractivity contribution is 7.99. The number of aryl methyl sites for hydroxylation is 1. The fourth-order valence-electron chi connectivity index (χ4n) is 2.52. The Hall–Kier alpha value is -1.60. The van der Waals surface area contributed by atoms with Gasteiger partial charge in [0.05, 0.1) is 16.8 Å². The zero-order valence-corrected chi connectivity index (χ0v) is 13.2. The van der Waals surface area contributed by atoms with Crippen molar-refractivity contribution >= 4 is 28.7 Å². The zero-order valence-electron chi connectivity index (χ0n) is 12.4. The molecule has 1 saturated heterocycles. The first-order valence-corrected chi connectivity index (χ1v) is 8.32. The largest absolute Gasteiger partial charge is 0.354 e. The van der Waals surface area contributed by atoms with E-state index in [0.29, 0.717) is 25.3 Å². The number of aromatic nitrogens is 2. The summed E-state index contributed by atoms with van der Waals surface area (Å²) in [6.07, 6.45) is -0.327. The van der Waals surface area contributed by atoms with Crippen molar-refractivity contribution in [3.63, 3.8) is 0 Å². The SMILES string of the molecule is Cc1ccc2nc(SCC(=O)NC[C@@H]3C[C@H](F)CN3)[nH]c2c1. The molecule has 1 aromatic heterocycles. The number of H-pyrrole nitrogens is 1. The molecule has 1 aliphatic rings. The van der Waals surface area contributed by atoms with Crippen LogP contribution in [-0.2, 0) is 4.79 Å². The second-order valence-corrected chi connectivity index (χ2v) is 6.56. The number of carbonyl (C=O) groups is 1. The van der Waals surface area contributed by atoms with Crippen molar-refractivity contribution < 1.29 is 9.18 Å². The van der Waals surface area contributed by atoms with Gasteiger partial charge in [-0.15, -0.1) is 0 Å². The van der Waals surface area contributed by atoms with Crippen LogP contribution < -0.4 is 10.6 Å². The number of benzene rings is 1. The van der Waals surface area contributed by atoms with E-state index in [1.54, 1.807) is 0 Å². The van der Waals surface area contributed by atoms with Crippen LogP contribution in [0.25, 0.3) is 11.0 Å². The van der Waals surface area contributed by atoms with E-state index in [1.165, 1.54) is 17.3 Å². The van der Waals surface area contributed by atoms with Crippen molar-refractivity contribution in [1.29, 1.82) is 0 Å². The smallest absolute Gasteiger partial charge is 0.230 e. The Morgan fingerprint density at radius 1 is 1.55 bits per heavy atom. The number of alkyl halides is 1. The van der Waals surface area contributed by atoms with Crippen molar-refractivity contribution in [3.05, 3.63) is 23.8 Å². The Kier molecular flexibility index (Phi) is 4.63. The molecule has 1 aromatic carbocycles. The Bertz CT molecular complexity index is 675. The van der Waals surface area contributed by atoms with Crippen LogP contribution in [0.4, 0.5) is 4.39 Å². The summed E-state index contributed by atoms with van der Waals surface area (Å²) in [6.45, 7) is 2.88. The van der Waals surface area contributed by atoms with Crippen LogP contribution in [0, 0.1) is 6.92 Å². The molecule has 1 aliphatic heterocycles. The molecule has 7 heteroatoms. The Balaban J connectivity index is 1.47. The lowest BCUT2D eigenvalue weighted by atomic mass is 10.2. The van der Waals surface area contributed by atoms with Gasteiger partial charge < -0.3 is 15.6 Å². The number of imidazole rings is 1. The Labute approximate surface area is 132 Å². The van der Waals surface area contributed by atoms with E-state index in [-0.39, 0.29) is 11.9 Å². The molecule has 0 bridgehead atoms. The van der Waals surface area contributed by atoms with Crippen molar-refractivity contribution in [1.82, 2.24) is 20.6 Å². The monoisotopic (exact) mass is 322 g/mol. The van der Waals surface area contributed by atoms with Crippen LogP contribution in [0.1, 0.15) is 12.0 Å². The maximum atomic E-state index is 13.0. The summed E-state index contributed by atoms with van der Waals surface area (Å²) in [7, 11) is 0. The highest BCUT2D eigenvalue weighted by Gasteiger charge is 2.23. The second kappa shape index (κ2) is 6.66. The van der Waals surface area contributed by atoms with E-state index in [4.69, 9.17) is 0 Å². The lowest BCUT2D eigenvalue weighted by molar-refractivity contribution is -0.118. The third-order valence-electron chi connectivity index (χ3n) is 3.67. The minimum Gasteiger partial charge on any atom is -0.354 e. The van der Waals surface area contributed by atoms with Gasteiger partial charge in [0.1, 0.15) is 6.17 Å². The van der Waals surface area contributed by atoms with Gasteiger partial charge in [0.15, 0.2) is 5.16 Å². The van der Waals surface area contributed by atoms with Gasteiger partial charge in [-0.05, 0) is 31.0 Å². The number of nitrogens with zero attached hydrogens (tertiary/aromatic N) is 1. The first kappa shape index (κ1) is 15.3. The maximum absolute atomic E-state index is 13.0. The fourth-order valence-corrected chi connectivity index (χ4v) is 3.23. The zero-order chi connectivity index (χ0) is 15.5. The number of carbonyl (C=O) groups excluding carboxylic acids is 1. The van der Waals surface area contributed by atoms with Crippen LogP contribution in [0.15, 0.2) is 23.4 Å². The number of fused-ring (bicyclic) bond motifs is 1. The number of halogens is 1. The predicted octanol–water partition coefficient (Wildman–Crippen LogP) is 1.78. The molecule has 0 aliphatic carbocycles. The van der Waals surface area contributed by atoms with E-state index in [9.17, 15) is 9.18 Å². The van der Waals surface area contributed by atoms with E-state index in [2.05, 4.69) is 20.6 Å². The average Bonchev–Trinajstić information content (AvgIpc) is 3.08. The van der Waals surface area contributed by atoms with Crippen molar-refractivity contribution in [2.45, 2.75) is 30.7 Å². The lowest BCUT2D eigenvalue weighted by Gasteiger charge is -2.10. The van der Waals surface area contributed by atoms with E-state index in [1.807, 2.05) is 25.1 Å². The van der Waals surface area contributed by atoms with Gasteiger partial charge in [0.25, 0.3) is 0 Å². The van der Waals surface area contributed by atoms with Crippen LogP contribution >= 0.6 is 11.8 Å². The lowest BCUT2D eigenvalue weighted by Crippen LogP contribution is -2.37. The van der Waals surface area contributed by atoms with Crippen molar-refractivity contribution in [2.75, 3.05) is 18.8 Å². The van der Waals surface area contributed by atoms with Crippen LogP contribution in [0.3, 0.4) is 0 Å². The first-order valence-electron chi connectivity index (χ1n) is 7.33. The van der Waals surface area contributed by atoms with Gasteiger partial charge in [-0.1, -0.05) is 17.8 Å². The fraction of sp³-hybridized carbons (Fsp3) is 0.467. The van der Waals surface area contributed by atoms with Crippen molar-refractivity contribution in [2.24, 2.45) is 0 Å². The third kappa shape index (κ3) is 3.78. The minimum atomic E-state index is -0.796. The molecular formula is C15H19FN4OS. The normalized spacial score (nSPS) is 21.4. The van der Waals surface area contributed by atoms with E-state index in [0.717, 1.165) is 16.2 Å². The van der Waals surface area contributed by atoms with E-state index >= 15 is 0 Å². The molecule has 1 amide bonds. The molecule has 0 saturated carbocycles. The highest BCUT2D eigenvalue weighted by Crippen LogP contribution is 2.20. The van der Waals surface area contributed by atoms with Crippen LogP contribution in [0.2, 0.25) is 0 Å². The van der Waals surface area contributed by atoms with Gasteiger partial charge in [-0.3, -0.25) is 4.79 Å². The third-order valence-corrected chi connectivity index (χ3v) is 4.54. The second-order valence-electron chi connectivity index (χ2n) is 5.59. The molecule has 1 fully saturated rings. The molecule has 0 spiro atoms. The summed E-state index contributed by atoms with van der Waals surface area (Å²) in [5.74, 6) is 0.232. The van der Waals surface area contributed by atoms with Gasteiger partial charge in [-0.2, -0.15) is 0 Å². The quantitative estimate of drug-likeness (QED) is 0.734. The number of thioether (sulfide) groups is 1. The number of amides is 1. The summed E-state index contributed by atoms with van der Waals surface area (Å²) in [6, 6.07) is 6.05. The van der Waals surface area contributed by atoms with Gasteiger partial charge in [0.2, 0.25) is 5.91 Å². The summed E-state index contributed by atoms with van der Waals surface area (Å²) < 4.78 is 13.0. The maximum Gasteiger partial charge on any atom is 0.230 e. The molecule has 2 heterocycles. The molecule has 3 rings (SSSR count). The number of nitrogens with one attached hydrogen (secondary N) is 3. The standard InChI is InChI=1S/C15H19FN4OS/c1-9-2-3-12-13(4-9)20-15(19-12)22-8-14(21)18-7-11-5-10(16)6-17-11/h2-4,10-11,17H,5-8H2,1H3,(H,18,21)(H,19,20)/t10-,11-/m0/s1. The molecule has 22 heavy (non-hydrogen) atoms. The summed E-state index contributed by atoms with van der Waals surface area (Å²) in [5.41, 5.74) is 3.05. The Morgan fingerprint density at radius 3 is 3.18 bits per heavy atom. The first-order chi connectivity index (χ1) is 10.6. The Morgan fingerprint density at radius 2 is 2.41 bits per heavy atom. The van der Waals surface area contributed by atoms with E-state index < -0.39 is 6.17 Å². The molecule has 0 radical (unpaired) electrons. The summed E-state index contributed by atoms with van der Waals surface area (Å²) >= 11 is 1.37. The molecule has 118 valence electrons. The molecule has 0 unspecified atom stereocenters. The van der Waals surface area contributed by atoms with Crippen molar-refractivity contribution in [3.8, 4) is 0 Å². The molecule has 2 atom stereocenters. The van der Waals surface area contributed by atoms with Crippen LogP contribution in [0.5, 0.6) is 0 Å². The number of hydrogen-bond donors (Lipinski definition) is 3. The molecule has 5 nitrogen and oxygen atoms in total. The summed E-state index contributed by atoms with van der Waals surface area (Å²) in [4.78, 5) is 19.5. The van der Waals surface area contributed by atoms with Crippen LogP contribution in [-0.4, -0.2) is 46.9 Å².